The van der Waals surface area contributed by atoms with Gasteiger partial charge in [0.15, 0.2) is 0 Å². The summed E-state index contributed by atoms with van der Waals surface area (Å²) in [5.74, 6) is -2.05. The number of carbonyl (C=O) groups excluding carboxylic acids is 3. The third-order valence-electron chi connectivity index (χ3n) is 8.11. The molecule has 0 spiro atoms. The molecule has 1 heterocycles. The van der Waals surface area contributed by atoms with Gasteiger partial charge in [0.1, 0.15) is 12.6 Å². The van der Waals surface area contributed by atoms with Crippen molar-refractivity contribution in [1.29, 1.82) is 0 Å². The molecule has 1 fully saturated rings. The van der Waals surface area contributed by atoms with Crippen LogP contribution in [0.1, 0.15) is 44.2 Å². The van der Waals surface area contributed by atoms with Gasteiger partial charge in [-0.25, -0.2) is 13.1 Å². The molecule has 0 saturated carbocycles. The Kier molecular flexibility index (Phi) is 12.0. The minimum absolute atomic E-state index is 0.0240. The van der Waals surface area contributed by atoms with Crippen molar-refractivity contribution in [3.05, 3.63) is 65.7 Å². The number of nitrogens with zero attached hydrogens (tertiary/aromatic N) is 1. The Morgan fingerprint density at radius 2 is 1.60 bits per heavy atom. The molecule has 1 aliphatic heterocycles. The first-order valence-corrected chi connectivity index (χ1v) is 16.1. The highest BCUT2D eigenvalue weighted by Gasteiger charge is 2.33. The minimum atomic E-state index is -3.70. The van der Waals surface area contributed by atoms with E-state index in [1.165, 1.54) is 31.5 Å². The third kappa shape index (κ3) is 10.2. The van der Waals surface area contributed by atoms with E-state index in [4.69, 9.17) is 0 Å². The standard InChI is InChI=1S/C31H44N4O7S/c1-31(2,22-36)28(38)30(40)32-16-13-27(37)29(39)33-19-23-9-11-26(12-10-23)43(41,42)34-20-24-14-17-35(3,18-15-24)21-25-7-5-4-6-8-25/h4-12,24,28,34,36,38H,13-22H2,1-3H3,(H-,32,33,39,40)/p+1/t24?,28-,35?/m0/s1. The lowest BCUT2D eigenvalue weighted by Crippen LogP contribution is -2.50. The Balaban J connectivity index is 1.39. The molecular weight excluding hydrogens is 572 g/mol. The maximum absolute atomic E-state index is 12.9. The number of benzene rings is 2. The largest absolute Gasteiger partial charge is 0.396 e. The van der Waals surface area contributed by atoms with Gasteiger partial charge in [0.2, 0.25) is 21.7 Å². The molecule has 0 unspecified atom stereocenters. The van der Waals surface area contributed by atoms with Crippen LogP contribution in [-0.2, 0) is 37.5 Å². The molecule has 0 bridgehead atoms. The number of Topliss-reactive ketones (excluding diaryl/α,β-unsaturated/α-hetero) is 1. The van der Waals surface area contributed by atoms with E-state index >= 15 is 0 Å². The number of likely N-dealkylation sites (tertiary alicyclic amines) is 1. The number of aliphatic hydroxyl groups excluding tert-OH is 2. The number of hydrogen-bond donors (Lipinski definition) is 5. The number of carbonyl (C=O) groups is 3. The van der Waals surface area contributed by atoms with E-state index in [1.54, 1.807) is 12.1 Å². The molecule has 5 N–H and O–H groups in total. The summed E-state index contributed by atoms with van der Waals surface area (Å²) >= 11 is 0. The zero-order chi connectivity index (χ0) is 31.7. The van der Waals surface area contributed by atoms with Crippen molar-refractivity contribution in [3.8, 4) is 0 Å². The summed E-state index contributed by atoms with van der Waals surface area (Å²) in [6.07, 6.45) is 0.161. The van der Waals surface area contributed by atoms with E-state index in [0.29, 0.717) is 12.1 Å². The molecule has 1 aliphatic rings. The van der Waals surface area contributed by atoms with E-state index in [2.05, 4.69) is 46.7 Å². The molecule has 12 heteroatoms. The lowest BCUT2D eigenvalue weighted by molar-refractivity contribution is -0.928. The first kappa shape index (κ1) is 34.3. The molecule has 1 saturated heterocycles. The smallest absolute Gasteiger partial charge is 0.287 e. The summed E-state index contributed by atoms with van der Waals surface area (Å²) in [4.78, 5) is 36.4. The highest BCUT2D eigenvalue weighted by molar-refractivity contribution is 7.89. The van der Waals surface area contributed by atoms with Crippen LogP contribution in [0.25, 0.3) is 0 Å². The Bertz CT molecular complexity index is 1340. The lowest BCUT2D eigenvalue weighted by atomic mass is 9.87. The van der Waals surface area contributed by atoms with Crippen LogP contribution in [-0.4, -0.2) is 86.6 Å². The van der Waals surface area contributed by atoms with Gasteiger partial charge >= 0.3 is 0 Å². The third-order valence-corrected chi connectivity index (χ3v) is 9.55. The summed E-state index contributed by atoms with van der Waals surface area (Å²) in [6.45, 7) is 5.85. The van der Waals surface area contributed by atoms with Crippen LogP contribution in [0.5, 0.6) is 0 Å². The number of sulfonamides is 1. The van der Waals surface area contributed by atoms with Crippen LogP contribution in [0.2, 0.25) is 0 Å². The van der Waals surface area contributed by atoms with Crippen molar-refractivity contribution in [2.45, 2.75) is 57.2 Å². The fourth-order valence-corrected chi connectivity index (χ4v) is 6.08. The van der Waals surface area contributed by atoms with Gasteiger partial charge in [0, 0.05) is 49.9 Å². The monoisotopic (exact) mass is 617 g/mol. The molecule has 43 heavy (non-hydrogen) atoms. The fraction of sp³-hybridized carbons (Fsp3) is 0.516. The maximum atomic E-state index is 12.9. The van der Waals surface area contributed by atoms with E-state index in [-0.39, 0.29) is 30.3 Å². The fourth-order valence-electron chi connectivity index (χ4n) is 4.96. The number of hydrogen-bond acceptors (Lipinski definition) is 7. The SMILES string of the molecule is CC(C)(CO)[C@@H](O)C(=O)NCCC(=O)C(=O)NCc1ccc(S(=O)(=O)NCC2CC[N+](C)(Cc3ccccc3)CC2)cc1. The average molecular weight is 618 g/mol. The van der Waals surface area contributed by atoms with Gasteiger partial charge in [-0.2, -0.15) is 0 Å². The van der Waals surface area contributed by atoms with Gasteiger partial charge in [0.05, 0.1) is 31.6 Å². The first-order valence-electron chi connectivity index (χ1n) is 14.6. The second-order valence-electron chi connectivity index (χ2n) is 12.3. The summed E-state index contributed by atoms with van der Waals surface area (Å²) in [5, 5.41) is 24.1. The topological polar surface area (TPSA) is 162 Å². The molecule has 1 atom stereocenters. The second kappa shape index (κ2) is 15.0. The number of piperidine rings is 1. The molecule has 2 aromatic rings. The van der Waals surface area contributed by atoms with Crippen molar-refractivity contribution < 1.29 is 37.5 Å². The maximum Gasteiger partial charge on any atom is 0.287 e. The number of quaternary nitrogens is 1. The van der Waals surface area contributed by atoms with Crippen molar-refractivity contribution in [2.75, 3.05) is 39.8 Å². The van der Waals surface area contributed by atoms with Gasteiger partial charge in [-0.05, 0) is 23.6 Å². The van der Waals surface area contributed by atoms with Crippen LogP contribution in [0.15, 0.2) is 59.5 Å². The van der Waals surface area contributed by atoms with Gasteiger partial charge < -0.3 is 25.3 Å². The zero-order valence-electron chi connectivity index (χ0n) is 25.2. The van der Waals surface area contributed by atoms with Crippen LogP contribution >= 0.6 is 0 Å². The van der Waals surface area contributed by atoms with Crippen LogP contribution in [0.3, 0.4) is 0 Å². The summed E-state index contributed by atoms with van der Waals surface area (Å²) in [7, 11) is -1.44. The summed E-state index contributed by atoms with van der Waals surface area (Å²) in [6, 6.07) is 16.5. The molecule has 0 radical (unpaired) electrons. The number of amides is 2. The molecule has 0 aliphatic carbocycles. The second-order valence-corrected chi connectivity index (χ2v) is 14.1. The van der Waals surface area contributed by atoms with E-state index in [9.17, 15) is 33.0 Å². The normalized spacial score (nSPS) is 19.8. The molecule has 2 amide bonds. The van der Waals surface area contributed by atoms with Crippen LogP contribution in [0, 0.1) is 11.3 Å². The predicted octanol–water partition coefficient (Wildman–Crippen LogP) is 1.09. The van der Waals surface area contributed by atoms with Crippen LogP contribution in [0.4, 0.5) is 0 Å². The number of aliphatic hydroxyl groups is 2. The molecule has 2 aromatic carbocycles. The molecule has 11 nitrogen and oxygen atoms in total. The van der Waals surface area contributed by atoms with Gasteiger partial charge in [-0.1, -0.05) is 56.3 Å². The average Bonchev–Trinajstić information content (AvgIpc) is 2.99. The van der Waals surface area contributed by atoms with E-state index in [0.717, 1.165) is 37.0 Å². The lowest BCUT2D eigenvalue weighted by Gasteiger charge is -2.40. The van der Waals surface area contributed by atoms with Gasteiger partial charge in [-0.3, -0.25) is 14.4 Å². The predicted molar refractivity (Wildman–Crippen MR) is 162 cm³/mol. The number of nitrogens with one attached hydrogen (secondary N) is 3. The summed E-state index contributed by atoms with van der Waals surface area (Å²) in [5.41, 5.74) is 0.878. The highest BCUT2D eigenvalue weighted by Crippen LogP contribution is 2.25. The Labute approximate surface area is 254 Å². The Hall–Kier alpha value is -3.16. The Morgan fingerprint density at radius 1 is 0.977 bits per heavy atom. The number of ketones is 1. The van der Waals surface area contributed by atoms with Crippen LogP contribution < -0.4 is 15.4 Å². The van der Waals surface area contributed by atoms with Gasteiger partial charge in [0.25, 0.3) is 5.91 Å². The van der Waals surface area contributed by atoms with E-state index < -0.39 is 45.7 Å². The molecular formula is C31H45N4O7S+. The molecule has 0 aromatic heterocycles. The van der Waals surface area contributed by atoms with Crippen molar-refractivity contribution in [2.24, 2.45) is 11.3 Å². The highest BCUT2D eigenvalue weighted by atomic mass is 32.2. The Morgan fingerprint density at radius 3 is 2.21 bits per heavy atom. The van der Waals surface area contributed by atoms with Gasteiger partial charge in [-0.15, -0.1) is 0 Å². The number of rotatable bonds is 15. The summed E-state index contributed by atoms with van der Waals surface area (Å²) < 4.78 is 29.5. The van der Waals surface area contributed by atoms with Crippen molar-refractivity contribution >= 4 is 27.6 Å². The first-order chi connectivity index (χ1) is 20.2. The molecule has 236 valence electrons. The zero-order valence-corrected chi connectivity index (χ0v) is 26.0. The minimum Gasteiger partial charge on any atom is -0.396 e. The molecule has 3 rings (SSSR count). The van der Waals surface area contributed by atoms with E-state index in [1.807, 2.05) is 6.07 Å². The van der Waals surface area contributed by atoms with Crippen molar-refractivity contribution in [3.63, 3.8) is 0 Å². The quantitative estimate of drug-likeness (QED) is 0.148. The van der Waals surface area contributed by atoms with Crippen molar-refractivity contribution in [1.82, 2.24) is 15.4 Å².